The maximum atomic E-state index is 12.9. The highest BCUT2D eigenvalue weighted by Crippen LogP contribution is 2.23. The van der Waals surface area contributed by atoms with Crippen LogP contribution in [0.1, 0.15) is 36.0 Å². The zero-order chi connectivity index (χ0) is 16.8. The van der Waals surface area contributed by atoms with Gasteiger partial charge in [0.25, 0.3) is 5.91 Å². The summed E-state index contributed by atoms with van der Waals surface area (Å²) in [6, 6.07) is 7.99. The molecule has 2 heterocycles. The summed E-state index contributed by atoms with van der Waals surface area (Å²) in [7, 11) is 1.71. The molecule has 1 aliphatic heterocycles. The minimum absolute atomic E-state index is 0.117. The Balaban J connectivity index is 1.74. The lowest BCUT2D eigenvalue weighted by atomic mass is 9.98. The summed E-state index contributed by atoms with van der Waals surface area (Å²) in [6.45, 7) is 1.53. The van der Waals surface area contributed by atoms with Gasteiger partial charge in [-0.05, 0) is 43.4 Å². The average Bonchev–Trinajstić information content (AvgIpc) is 2.67. The molecule has 1 unspecified atom stereocenters. The molecule has 3 rings (SSSR count). The SMILES string of the molecule is COCCC1CCCCN1C(=O)c1ccc(-c2cncnc2)cc1. The summed E-state index contributed by atoms with van der Waals surface area (Å²) in [4.78, 5) is 23.0. The highest BCUT2D eigenvalue weighted by molar-refractivity contribution is 5.95. The Morgan fingerprint density at radius 2 is 1.92 bits per heavy atom. The third-order valence-corrected chi connectivity index (χ3v) is 4.57. The first-order chi connectivity index (χ1) is 11.8. The zero-order valence-corrected chi connectivity index (χ0v) is 14.0. The van der Waals surface area contributed by atoms with Gasteiger partial charge in [0, 0.05) is 49.8 Å². The maximum absolute atomic E-state index is 12.9. The fraction of sp³-hybridized carbons (Fsp3) is 0.421. The molecule has 2 aromatic rings. The number of aromatic nitrogens is 2. The number of piperidine rings is 1. The van der Waals surface area contributed by atoms with Gasteiger partial charge in [-0.3, -0.25) is 4.79 Å². The minimum Gasteiger partial charge on any atom is -0.385 e. The van der Waals surface area contributed by atoms with Crippen LogP contribution < -0.4 is 0 Å². The van der Waals surface area contributed by atoms with Crippen molar-refractivity contribution >= 4 is 5.91 Å². The molecule has 0 radical (unpaired) electrons. The molecule has 1 saturated heterocycles. The summed E-state index contributed by atoms with van der Waals surface area (Å²) >= 11 is 0. The number of rotatable bonds is 5. The number of methoxy groups -OCH3 is 1. The van der Waals surface area contributed by atoms with Crippen LogP contribution in [0.15, 0.2) is 43.0 Å². The lowest BCUT2D eigenvalue weighted by Crippen LogP contribution is -2.44. The van der Waals surface area contributed by atoms with E-state index in [1.807, 2.05) is 29.2 Å². The normalized spacial score (nSPS) is 17.7. The van der Waals surface area contributed by atoms with Crippen molar-refractivity contribution in [2.24, 2.45) is 0 Å². The number of nitrogens with zero attached hydrogens (tertiary/aromatic N) is 3. The monoisotopic (exact) mass is 325 g/mol. The summed E-state index contributed by atoms with van der Waals surface area (Å²) in [5.41, 5.74) is 2.70. The molecule has 1 aliphatic rings. The Kier molecular flexibility index (Phi) is 5.54. The molecule has 0 spiro atoms. The van der Waals surface area contributed by atoms with E-state index in [2.05, 4.69) is 9.97 Å². The standard InChI is InChI=1S/C19H23N3O2/c1-24-11-9-18-4-2-3-10-22(18)19(23)16-7-5-15(6-8-16)17-12-20-14-21-13-17/h5-8,12-14,18H,2-4,9-11H2,1H3. The van der Waals surface area contributed by atoms with Crippen molar-refractivity contribution in [3.8, 4) is 11.1 Å². The molecule has 5 nitrogen and oxygen atoms in total. The van der Waals surface area contributed by atoms with E-state index in [1.54, 1.807) is 19.5 Å². The quantitative estimate of drug-likeness (QED) is 0.847. The third-order valence-electron chi connectivity index (χ3n) is 4.57. The largest absolute Gasteiger partial charge is 0.385 e. The fourth-order valence-electron chi connectivity index (χ4n) is 3.24. The van der Waals surface area contributed by atoms with E-state index in [0.717, 1.165) is 42.5 Å². The Morgan fingerprint density at radius 3 is 2.62 bits per heavy atom. The number of hydrogen-bond acceptors (Lipinski definition) is 4. The van der Waals surface area contributed by atoms with Crippen LogP contribution in [-0.2, 0) is 4.74 Å². The summed E-state index contributed by atoms with van der Waals surface area (Å²) in [5, 5.41) is 0. The Hall–Kier alpha value is -2.27. The van der Waals surface area contributed by atoms with Crippen molar-refractivity contribution in [1.82, 2.24) is 14.9 Å². The summed E-state index contributed by atoms with van der Waals surface area (Å²) < 4.78 is 5.19. The first kappa shape index (κ1) is 16.6. The highest BCUT2D eigenvalue weighted by Gasteiger charge is 2.27. The molecule has 126 valence electrons. The van der Waals surface area contributed by atoms with Gasteiger partial charge in [-0.1, -0.05) is 12.1 Å². The Labute approximate surface area is 142 Å². The predicted octanol–water partition coefficient (Wildman–Crippen LogP) is 3.17. The molecular formula is C19H23N3O2. The third kappa shape index (κ3) is 3.79. The Morgan fingerprint density at radius 1 is 1.17 bits per heavy atom. The van der Waals surface area contributed by atoms with Crippen LogP contribution >= 0.6 is 0 Å². The molecule has 5 heteroatoms. The molecule has 0 bridgehead atoms. The van der Waals surface area contributed by atoms with Crippen molar-refractivity contribution in [2.75, 3.05) is 20.3 Å². The fourth-order valence-corrected chi connectivity index (χ4v) is 3.24. The number of likely N-dealkylation sites (tertiary alicyclic amines) is 1. The summed E-state index contributed by atoms with van der Waals surface area (Å²) in [5.74, 6) is 0.117. The van der Waals surface area contributed by atoms with Gasteiger partial charge in [0.15, 0.2) is 0 Å². The van der Waals surface area contributed by atoms with Crippen molar-refractivity contribution in [2.45, 2.75) is 31.7 Å². The van der Waals surface area contributed by atoms with Crippen molar-refractivity contribution in [3.63, 3.8) is 0 Å². The van der Waals surface area contributed by atoms with Crippen LogP contribution in [-0.4, -0.2) is 47.1 Å². The van der Waals surface area contributed by atoms with Gasteiger partial charge in [0.1, 0.15) is 6.33 Å². The number of benzene rings is 1. The van der Waals surface area contributed by atoms with E-state index in [9.17, 15) is 4.79 Å². The molecule has 1 aromatic heterocycles. The van der Waals surface area contributed by atoms with Gasteiger partial charge in [0.2, 0.25) is 0 Å². The molecule has 0 N–H and O–H groups in total. The maximum Gasteiger partial charge on any atom is 0.254 e. The van der Waals surface area contributed by atoms with Gasteiger partial charge in [-0.2, -0.15) is 0 Å². The smallest absolute Gasteiger partial charge is 0.254 e. The van der Waals surface area contributed by atoms with E-state index in [0.29, 0.717) is 6.61 Å². The first-order valence-corrected chi connectivity index (χ1v) is 8.45. The molecule has 1 amide bonds. The lowest BCUT2D eigenvalue weighted by molar-refractivity contribution is 0.0553. The van der Waals surface area contributed by atoms with Crippen LogP contribution in [0.3, 0.4) is 0 Å². The molecule has 1 atom stereocenters. The van der Waals surface area contributed by atoms with Gasteiger partial charge in [-0.15, -0.1) is 0 Å². The number of hydrogen-bond donors (Lipinski definition) is 0. The van der Waals surface area contributed by atoms with Gasteiger partial charge in [0.05, 0.1) is 0 Å². The van der Waals surface area contributed by atoms with Crippen LogP contribution in [0.25, 0.3) is 11.1 Å². The van der Waals surface area contributed by atoms with Crippen molar-refractivity contribution in [3.05, 3.63) is 48.5 Å². The topological polar surface area (TPSA) is 55.3 Å². The highest BCUT2D eigenvalue weighted by atomic mass is 16.5. The summed E-state index contributed by atoms with van der Waals surface area (Å²) in [6.07, 6.45) is 9.29. The van der Waals surface area contributed by atoms with Gasteiger partial charge < -0.3 is 9.64 Å². The number of ether oxygens (including phenoxy) is 1. The average molecular weight is 325 g/mol. The number of carbonyl (C=O) groups excluding carboxylic acids is 1. The first-order valence-electron chi connectivity index (χ1n) is 8.45. The van der Waals surface area contributed by atoms with E-state index >= 15 is 0 Å². The van der Waals surface area contributed by atoms with Gasteiger partial charge >= 0.3 is 0 Å². The molecule has 1 aromatic carbocycles. The molecule has 24 heavy (non-hydrogen) atoms. The predicted molar refractivity (Wildman–Crippen MR) is 92.6 cm³/mol. The molecule has 0 aliphatic carbocycles. The van der Waals surface area contributed by atoms with Crippen LogP contribution in [0.2, 0.25) is 0 Å². The number of amides is 1. The van der Waals surface area contributed by atoms with E-state index in [4.69, 9.17) is 4.74 Å². The van der Waals surface area contributed by atoms with E-state index in [-0.39, 0.29) is 11.9 Å². The van der Waals surface area contributed by atoms with Gasteiger partial charge in [-0.25, -0.2) is 9.97 Å². The number of carbonyl (C=O) groups is 1. The molecular weight excluding hydrogens is 302 g/mol. The minimum atomic E-state index is 0.117. The second kappa shape index (κ2) is 8.02. The van der Waals surface area contributed by atoms with Crippen LogP contribution in [0, 0.1) is 0 Å². The lowest BCUT2D eigenvalue weighted by Gasteiger charge is -2.36. The van der Waals surface area contributed by atoms with E-state index in [1.165, 1.54) is 12.7 Å². The van der Waals surface area contributed by atoms with Crippen LogP contribution in [0.5, 0.6) is 0 Å². The molecule has 1 fully saturated rings. The zero-order valence-electron chi connectivity index (χ0n) is 14.0. The second-order valence-electron chi connectivity index (χ2n) is 6.13. The Bertz CT molecular complexity index is 658. The second-order valence-corrected chi connectivity index (χ2v) is 6.13. The van der Waals surface area contributed by atoms with Crippen molar-refractivity contribution in [1.29, 1.82) is 0 Å². The van der Waals surface area contributed by atoms with E-state index < -0.39 is 0 Å². The van der Waals surface area contributed by atoms with Crippen LogP contribution in [0.4, 0.5) is 0 Å². The van der Waals surface area contributed by atoms with Crippen molar-refractivity contribution < 1.29 is 9.53 Å². The molecule has 0 saturated carbocycles.